The van der Waals surface area contributed by atoms with Crippen molar-refractivity contribution in [3.8, 4) is 11.5 Å². The molecular weight excluding hydrogens is 340 g/mol. The molecule has 0 N–H and O–H groups in total. The first-order valence-electron chi connectivity index (χ1n) is 6.91. The summed E-state index contributed by atoms with van der Waals surface area (Å²) in [6.07, 6.45) is 3.71. The molecule has 9 nitrogen and oxygen atoms in total. The van der Waals surface area contributed by atoms with E-state index in [2.05, 4.69) is 5.10 Å². The Morgan fingerprint density at radius 1 is 1.38 bits per heavy atom. The van der Waals surface area contributed by atoms with Crippen LogP contribution >= 0.6 is 11.6 Å². The van der Waals surface area contributed by atoms with Crippen LogP contribution in [0.3, 0.4) is 0 Å². The summed E-state index contributed by atoms with van der Waals surface area (Å²) in [5.74, 6) is -1.18. The van der Waals surface area contributed by atoms with Gasteiger partial charge in [0, 0.05) is 25.2 Å². The first-order valence-corrected chi connectivity index (χ1v) is 7.28. The van der Waals surface area contributed by atoms with Gasteiger partial charge in [0.2, 0.25) is 5.91 Å². The molecule has 10 heteroatoms. The zero-order valence-corrected chi connectivity index (χ0v) is 13.0. The lowest BCUT2D eigenvalue weighted by atomic mass is 10.2. The predicted octanol–water partition coefficient (Wildman–Crippen LogP) is 1.46. The maximum Gasteiger partial charge on any atom is 0.437 e. The Morgan fingerprint density at radius 2 is 2.08 bits per heavy atom. The number of carbonyl (C=O) groups is 1. The summed E-state index contributed by atoms with van der Waals surface area (Å²) < 4.78 is 5.90. The van der Waals surface area contributed by atoms with Crippen molar-refractivity contribution in [1.82, 2.24) is 14.7 Å². The number of benzene rings is 1. The smallest absolute Gasteiger partial charge is 0.388 e. The third-order valence-electron chi connectivity index (χ3n) is 3.46. The molecule has 1 amide bonds. The van der Waals surface area contributed by atoms with Gasteiger partial charge in [-0.2, -0.15) is 4.68 Å². The van der Waals surface area contributed by atoms with Crippen LogP contribution < -0.4 is 5.76 Å². The van der Waals surface area contributed by atoms with Gasteiger partial charge >= 0.3 is 5.76 Å². The maximum atomic E-state index is 12.0. The van der Waals surface area contributed by atoms with Gasteiger partial charge in [-0.15, -0.1) is 5.10 Å². The van der Waals surface area contributed by atoms with Crippen LogP contribution in [0.2, 0.25) is 5.02 Å². The Morgan fingerprint density at radius 3 is 2.71 bits per heavy atom. The lowest BCUT2D eigenvalue weighted by Crippen LogP contribution is -2.34. The van der Waals surface area contributed by atoms with E-state index < -0.39 is 10.7 Å². The highest BCUT2D eigenvalue weighted by Crippen LogP contribution is 2.29. The van der Waals surface area contributed by atoms with Crippen LogP contribution in [0.4, 0.5) is 5.69 Å². The van der Waals surface area contributed by atoms with E-state index in [1.807, 2.05) is 12.2 Å². The SMILES string of the molecule is O=C(Cn1nc(-c2ccc([N+](=O)[O-])cc2Cl)oc1=O)N1CC=CC1. The van der Waals surface area contributed by atoms with Gasteiger partial charge in [0.1, 0.15) is 6.54 Å². The van der Waals surface area contributed by atoms with Gasteiger partial charge in [-0.1, -0.05) is 23.8 Å². The number of nitro benzene ring substituents is 1. The summed E-state index contributed by atoms with van der Waals surface area (Å²) in [4.78, 5) is 35.6. The molecule has 1 aromatic carbocycles. The van der Waals surface area contributed by atoms with Gasteiger partial charge in [0.05, 0.1) is 15.5 Å². The number of nitro groups is 1. The minimum Gasteiger partial charge on any atom is -0.388 e. The monoisotopic (exact) mass is 350 g/mol. The minimum atomic E-state index is -0.806. The second-order valence-corrected chi connectivity index (χ2v) is 5.43. The zero-order chi connectivity index (χ0) is 17.3. The predicted molar refractivity (Wildman–Crippen MR) is 83.6 cm³/mol. The fourth-order valence-corrected chi connectivity index (χ4v) is 2.47. The number of aromatic nitrogens is 2. The van der Waals surface area contributed by atoms with E-state index in [9.17, 15) is 19.7 Å². The molecule has 24 heavy (non-hydrogen) atoms. The van der Waals surface area contributed by atoms with Crippen molar-refractivity contribution in [3.05, 3.63) is 56.0 Å². The second-order valence-electron chi connectivity index (χ2n) is 5.02. The minimum absolute atomic E-state index is 0.0210. The third-order valence-corrected chi connectivity index (χ3v) is 3.77. The highest BCUT2D eigenvalue weighted by Gasteiger charge is 2.20. The Balaban J connectivity index is 1.85. The molecule has 2 heterocycles. The Bertz CT molecular complexity index is 893. The standard InChI is InChI=1S/C14H11ClN4O5/c15-11-7-9(19(22)23)3-4-10(11)13-16-18(14(21)24-13)8-12(20)17-5-1-2-6-17/h1-4,7H,5-6,8H2. The molecule has 0 saturated carbocycles. The van der Waals surface area contributed by atoms with Crippen LogP contribution in [0, 0.1) is 10.1 Å². The molecule has 0 aliphatic carbocycles. The summed E-state index contributed by atoms with van der Waals surface area (Å²) >= 11 is 5.98. The van der Waals surface area contributed by atoms with Crippen molar-refractivity contribution in [2.75, 3.05) is 13.1 Å². The fraction of sp³-hybridized carbons (Fsp3) is 0.214. The highest BCUT2D eigenvalue weighted by atomic mass is 35.5. The third kappa shape index (κ3) is 3.06. The molecule has 1 aliphatic heterocycles. The quantitative estimate of drug-likeness (QED) is 0.469. The van der Waals surface area contributed by atoms with E-state index in [-0.39, 0.29) is 34.6 Å². The van der Waals surface area contributed by atoms with Gasteiger partial charge in [-0.25, -0.2) is 4.79 Å². The number of amides is 1. The number of rotatable bonds is 4. The van der Waals surface area contributed by atoms with Gasteiger partial charge in [-0.3, -0.25) is 14.9 Å². The number of hydrogen-bond acceptors (Lipinski definition) is 6. The van der Waals surface area contributed by atoms with Crippen molar-refractivity contribution in [2.24, 2.45) is 0 Å². The van der Waals surface area contributed by atoms with E-state index in [1.54, 1.807) is 4.90 Å². The Hall–Kier alpha value is -2.94. The number of hydrogen-bond donors (Lipinski definition) is 0. The van der Waals surface area contributed by atoms with Crippen LogP contribution in [-0.4, -0.2) is 38.6 Å². The molecule has 0 spiro atoms. The molecule has 0 radical (unpaired) electrons. The van der Waals surface area contributed by atoms with Crippen LogP contribution in [-0.2, 0) is 11.3 Å². The number of carbonyl (C=O) groups excluding carboxylic acids is 1. The average molecular weight is 351 g/mol. The number of nitrogens with zero attached hydrogens (tertiary/aromatic N) is 4. The van der Waals surface area contributed by atoms with Crippen LogP contribution in [0.15, 0.2) is 39.6 Å². The van der Waals surface area contributed by atoms with E-state index in [0.29, 0.717) is 13.1 Å². The summed E-state index contributed by atoms with van der Waals surface area (Å²) in [6, 6.07) is 3.69. The highest BCUT2D eigenvalue weighted by molar-refractivity contribution is 6.33. The van der Waals surface area contributed by atoms with Crippen LogP contribution in [0.5, 0.6) is 0 Å². The van der Waals surface area contributed by atoms with Gasteiger partial charge in [0.15, 0.2) is 0 Å². The molecule has 124 valence electrons. The fourth-order valence-electron chi connectivity index (χ4n) is 2.22. The van der Waals surface area contributed by atoms with Gasteiger partial charge in [-0.05, 0) is 6.07 Å². The van der Waals surface area contributed by atoms with E-state index in [1.165, 1.54) is 12.1 Å². The van der Waals surface area contributed by atoms with Crippen molar-refractivity contribution in [3.63, 3.8) is 0 Å². The van der Waals surface area contributed by atoms with E-state index in [4.69, 9.17) is 16.0 Å². The normalized spacial score (nSPS) is 13.5. The first-order chi connectivity index (χ1) is 11.5. The molecule has 1 aromatic heterocycles. The lowest BCUT2D eigenvalue weighted by Gasteiger charge is -2.14. The lowest BCUT2D eigenvalue weighted by molar-refractivity contribution is -0.384. The average Bonchev–Trinajstić information content (AvgIpc) is 3.18. The molecule has 3 rings (SSSR count). The number of halogens is 1. The topological polar surface area (TPSA) is 111 Å². The van der Waals surface area contributed by atoms with Crippen molar-refractivity contribution in [2.45, 2.75) is 6.54 Å². The number of non-ortho nitro benzene ring substituents is 1. The van der Waals surface area contributed by atoms with Crippen LogP contribution in [0.1, 0.15) is 0 Å². The molecule has 0 atom stereocenters. The molecule has 0 unspecified atom stereocenters. The van der Waals surface area contributed by atoms with Crippen molar-refractivity contribution < 1.29 is 14.1 Å². The summed E-state index contributed by atoms with van der Waals surface area (Å²) in [6.45, 7) is 0.730. The largest absolute Gasteiger partial charge is 0.437 e. The molecule has 1 aliphatic rings. The van der Waals surface area contributed by atoms with Crippen molar-refractivity contribution in [1.29, 1.82) is 0 Å². The van der Waals surface area contributed by atoms with Gasteiger partial charge in [0.25, 0.3) is 11.6 Å². The molecule has 0 bridgehead atoms. The van der Waals surface area contributed by atoms with E-state index >= 15 is 0 Å². The van der Waals surface area contributed by atoms with Crippen molar-refractivity contribution >= 4 is 23.2 Å². The zero-order valence-electron chi connectivity index (χ0n) is 12.2. The summed E-state index contributed by atoms with van der Waals surface area (Å²) in [5.41, 5.74) is 0.0376. The molecular formula is C14H11ClN4O5. The molecule has 0 fully saturated rings. The van der Waals surface area contributed by atoms with E-state index in [0.717, 1.165) is 10.7 Å². The summed E-state index contributed by atoms with van der Waals surface area (Å²) in [7, 11) is 0. The first kappa shape index (κ1) is 15.9. The second kappa shape index (κ2) is 6.28. The Kier molecular flexibility index (Phi) is 4.17. The van der Waals surface area contributed by atoms with Crippen LogP contribution in [0.25, 0.3) is 11.5 Å². The van der Waals surface area contributed by atoms with Gasteiger partial charge < -0.3 is 9.32 Å². The molecule has 0 saturated heterocycles. The molecule has 2 aromatic rings. The maximum absolute atomic E-state index is 12.0. The summed E-state index contributed by atoms with van der Waals surface area (Å²) in [5, 5.41) is 14.7. The Labute approximate surface area is 139 Å².